The normalized spacial score (nSPS) is 15.1. The number of likely N-dealkylation sites (tertiary alicyclic amines) is 1. The third kappa shape index (κ3) is 6.01. The Hall–Kier alpha value is -4.09. The molecule has 2 aromatic carbocycles. The van der Waals surface area contributed by atoms with E-state index >= 15 is 0 Å². The minimum atomic E-state index is 0.331. The molecule has 3 heterocycles. The summed E-state index contributed by atoms with van der Waals surface area (Å²) >= 11 is 0. The molecule has 1 fully saturated rings. The van der Waals surface area contributed by atoms with Crippen LogP contribution >= 0.6 is 0 Å². The van der Waals surface area contributed by atoms with Crippen LogP contribution in [0.5, 0.6) is 11.5 Å². The number of H-pyrrole nitrogens is 1. The number of fused-ring (bicyclic) bond motifs is 1. The predicted octanol–water partition coefficient (Wildman–Crippen LogP) is 5.16. The number of aromatic nitrogens is 4. The summed E-state index contributed by atoms with van der Waals surface area (Å²) in [7, 11) is 3.33. The fraction of sp³-hybridized carbons (Fsp3) is 0.345. The molecule has 0 bridgehead atoms. The Kier molecular flexibility index (Phi) is 8.60. The van der Waals surface area contributed by atoms with Gasteiger partial charge in [-0.2, -0.15) is 5.10 Å². The van der Waals surface area contributed by atoms with Gasteiger partial charge in [-0.1, -0.05) is 13.8 Å². The average Bonchev–Trinajstić information content (AvgIpc) is 3.66. The van der Waals surface area contributed by atoms with Crippen molar-refractivity contribution < 1.29 is 9.47 Å². The molecule has 1 aliphatic heterocycles. The van der Waals surface area contributed by atoms with Gasteiger partial charge in [0.15, 0.2) is 0 Å². The number of methoxy groups -OCH3 is 2. The topological polar surface area (TPSA) is 79.4 Å². The molecule has 1 saturated heterocycles. The molecule has 192 valence electrons. The van der Waals surface area contributed by atoms with E-state index in [1.165, 1.54) is 0 Å². The first-order valence-electron chi connectivity index (χ1n) is 12.6. The van der Waals surface area contributed by atoms with Gasteiger partial charge < -0.3 is 19.3 Å². The number of hydrogen-bond donors (Lipinski definition) is 1. The van der Waals surface area contributed by atoms with Gasteiger partial charge in [-0.15, -0.1) is 12.3 Å². The van der Waals surface area contributed by atoms with E-state index in [1.54, 1.807) is 26.6 Å². The van der Waals surface area contributed by atoms with E-state index in [2.05, 4.69) is 43.0 Å². The van der Waals surface area contributed by atoms with E-state index in [4.69, 9.17) is 20.9 Å². The van der Waals surface area contributed by atoms with Crippen LogP contribution in [0.4, 0.5) is 11.4 Å². The van der Waals surface area contributed by atoms with Crippen molar-refractivity contribution in [3.63, 3.8) is 0 Å². The molecule has 1 aliphatic rings. The number of terminal acetylenes is 1. The second kappa shape index (κ2) is 12.2. The molecule has 1 atom stereocenters. The van der Waals surface area contributed by atoms with Crippen LogP contribution in [0.1, 0.15) is 20.3 Å². The highest BCUT2D eigenvalue weighted by Crippen LogP contribution is 2.34. The van der Waals surface area contributed by atoms with Crippen LogP contribution in [0, 0.1) is 18.3 Å². The van der Waals surface area contributed by atoms with Crippen LogP contribution in [0.2, 0.25) is 0 Å². The van der Waals surface area contributed by atoms with Crippen molar-refractivity contribution in [1.29, 1.82) is 0 Å². The Labute approximate surface area is 218 Å². The highest BCUT2D eigenvalue weighted by atomic mass is 16.5. The minimum absolute atomic E-state index is 0.331. The summed E-state index contributed by atoms with van der Waals surface area (Å²) in [4.78, 5) is 14.1. The van der Waals surface area contributed by atoms with Crippen molar-refractivity contribution >= 4 is 22.4 Å². The molecule has 0 aliphatic carbocycles. The zero-order valence-electron chi connectivity index (χ0n) is 21.9. The summed E-state index contributed by atoms with van der Waals surface area (Å²) in [5.74, 6) is 4.71. The van der Waals surface area contributed by atoms with Gasteiger partial charge in [0.1, 0.15) is 11.5 Å². The third-order valence-corrected chi connectivity index (χ3v) is 6.43. The quantitative estimate of drug-likeness (QED) is 0.336. The van der Waals surface area contributed by atoms with Gasteiger partial charge in [0, 0.05) is 66.9 Å². The Bertz CT molecular complexity index is 1330. The lowest BCUT2D eigenvalue weighted by Crippen LogP contribution is -2.31. The van der Waals surface area contributed by atoms with Gasteiger partial charge in [0.25, 0.3) is 0 Å². The maximum Gasteiger partial charge on any atom is 0.124 e. The maximum absolute atomic E-state index is 5.66. The number of anilines is 2. The van der Waals surface area contributed by atoms with Gasteiger partial charge in [-0.05, 0) is 31.2 Å². The van der Waals surface area contributed by atoms with E-state index in [0.29, 0.717) is 5.92 Å². The molecule has 4 aromatic rings. The second-order valence-electron chi connectivity index (χ2n) is 8.59. The molecule has 1 N–H and O–H groups in total. The molecule has 8 nitrogen and oxygen atoms in total. The molecule has 0 amide bonds. The monoisotopic (exact) mass is 498 g/mol. The molecule has 8 heteroatoms. The zero-order valence-corrected chi connectivity index (χ0v) is 21.9. The highest BCUT2D eigenvalue weighted by Gasteiger charge is 2.22. The van der Waals surface area contributed by atoms with Crippen molar-refractivity contribution in [3.8, 4) is 35.1 Å². The van der Waals surface area contributed by atoms with Crippen molar-refractivity contribution in [2.75, 3.05) is 45.3 Å². The molecule has 37 heavy (non-hydrogen) atoms. The lowest BCUT2D eigenvalue weighted by atomic mass is 10.1. The molecule has 0 saturated carbocycles. The average molecular weight is 499 g/mol. The number of hydrogen-bond acceptors (Lipinski definition) is 7. The highest BCUT2D eigenvalue weighted by molar-refractivity contribution is 5.82. The third-order valence-electron chi connectivity index (χ3n) is 6.43. The summed E-state index contributed by atoms with van der Waals surface area (Å²) in [6.45, 7) is 7.61. The first-order chi connectivity index (χ1) is 18.2. The Morgan fingerprint density at radius 2 is 1.84 bits per heavy atom. The number of nitrogens with one attached hydrogen (secondary N) is 1. The van der Waals surface area contributed by atoms with E-state index in [9.17, 15) is 0 Å². The Morgan fingerprint density at radius 3 is 2.49 bits per heavy atom. The van der Waals surface area contributed by atoms with Crippen LogP contribution in [-0.2, 0) is 0 Å². The second-order valence-corrected chi connectivity index (χ2v) is 8.59. The molecular formula is C29H34N6O2. The Morgan fingerprint density at radius 1 is 1.05 bits per heavy atom. The van der Waals surface area contributed by atoms with Gasteiger partial charge >= 0.3 is 0 Å². The summed E-state index contributed by atoms with van der Waals surface area (Å²) in [5.41, 5.74) is 5.31. The van der Waals surface area contributed by atoms with E-state index < -0.39 is 0 Å². The number of ether oxygens (including phenoxy) is 2. The lowest BCUT2D eigenvalue weighted by Gasteiger charge is -2.28. The molecule has 5 rings (SSSR count). The molecule has 0 spiro atoms. The van der Waals surface area contributed by atoms with Crippen LogP contribution in [0.15, 0.2) is 55.0 Å². The van der Waals surface area contributed by atoms with Crippen LogP contribution < -0.4 is 14.4 Å². The van der Waals surface area contributed by atoms with Crippen molar-refractivity contribution in [2.45, 2.75) is 20.3 Å². The zero-order chi connectivity index (χ0) is 26.2. The lowest BCUT2D eigenvalue weighted by molar-refractivity contribution is 0.342. The largest absolute Gasteiger partial charge is 0.497 e. The SMILES string of the molecule is C#CC1CCN(CCN(c2cc(OC)cc(OC)c2)c2ccc3ncc(-c4cn[nH]c4)nc3c2)C1.CC. The van der Waals surface area contributed by atoms with Crippen LogP contribution in [0.25, 0.3) is 22.3 Å². The van der Waals surface area contributed by atoms with E-state index in [1.807, 2.05) is 44.3 Å². The summed E-state index contributed by atoms with van der Waals surface area (Å²) in [5, 5.41) is 6.86. The van der Waals surface area contributed by atoms with Crippen LogP contribution in [0.3, 0.4) is 0 Å². The standard InChI is InChI=1S/C27H28N6O2.C2H6/c1-4-19-7-8-32(18-19)9-10-33(22-11-23(34-2)14-24(12-22)35-3)21-5-6-25-26(13-21)31-27(17-28-25)20-15-29-30-16-20;1-2/h1,5-6,11-17,19H,7-10,18H2,2-3H3,(H,29,30);1-2H3. The number of aromatic amines is 1. The molecular weight excluding hydrogens is 464 g/mol. The fourth-order valence-electron chi connectivity index (χ4n) is 4.47. The number of nitrogens with zero attached hydrogens (tertiary/aromatic N) is 5. The molecule has 0 radical (unpaired) electrons. The summed E-state index contributed by atoms with van der Waals surface area (Å²) in [6.07, 6.45) is 12.0. The Balaban J connectivity index is 0.00000156. The van der Waals surface area contributed by atoms with Crippen molar-refractivity contribution in [2.24, 2.45) is 5.92 Å². The van der Waals surface area contributed by atoms with E-state index in [0.717, 1.165) is 77.8 Å². The van der Waals surface area contributed by atoms with Gasteiger partial charge in [0.2, 0.25) is 0 Å². The first kappa shape index (κ1) is 26.0. The van der Waals surface area contributed by atoms with Gasteiger partial charge in [-0.25, -0.2) is 4.98 Å². The van der Waals surface area contributed by atoms with Gasteiger partial charge in [0.05, 0.1) is 43.3 Å². The maximum atomic E-state index is 5.66. The predicted molar refractivity (Wildman–Crippen MR) is 148 cm³/mol. The fourth-order valence-corrected chi connectivity index (χ4v) is 4.47. The van der Waals surface area contributed by atoms with Crippen molar-refractivity contribution in [1.82, 2.24) is 25.1 Å². The number of benzene rings is 2. The first-order valence-corrected chi connectivity index (χ1v) is 12.6. The van der Waals surface area contributed by atoms with Gasteiger partial charge in [-0.3, -0.25) is 10.1 Å². The molecule has 1 unspecified atom stereocenters. The smallest absolute Gasteiger partial charge is 0.124 e. The van der Waals surface area contributed by atoms with E-state index in [-0.39, 0.29) is 0 Å². The summed E-state index contributed by atoms with van der Waals surface area (Å²) in [6, 6.07) is 12.1. The molecule has 2 aromatic heterocycles. The minimum Gasteiger partial charge on any atom is -0.497 e. The summed E-state index contributed by atoms with van der Waals surface area (Å²) < 4.78 is 11.1. The van der Waals surface area contributed by atoms with Crippen molar-refractivity contribution in [3.05, 3.63) is 55.0 Å². The number of rotatable bonds is 8. The van der Waals surface area contributed by atoms with Crippen LogP contribution in [-0.4, -0.2) is 65.5 Å².